The highest BCUT2D eigenvalue weighted by Gasteiger charge is 2.41. The number of nitrogens with zero attached hydrogens (tertiary/aromatic N) is 2. The molecule has 10 heteroatoms. The van der Waals surface area contributed by atoms with Crippen LogP contribution in [0.3, 0.4) is 0 Å². The number of benzene rings is 2. The monoisotopic (exact) mass is 537 g/mol. The summed E-state index contributed by atoms with van der Waals surface area (Å²) >= 11 is 0. The van der Waals surface area contributed by atoms with E-state index < -0.39 is 41.7 Å². The average molecular weight is 538 g/mol. The molecule has 3 amide bonds. The highest BCUT2D eigenvalue weighted by atomic mass is 16.6. The van der Waals surface area contributed by atoms with Gasteiger partial charge >= 0.3 is 18.2 Å². The van der Waals surface area contributed by atoms with E-state index in [1.165, 1.54) is 16.9 Å². The summed E-state index contributed by atoms with van der Waals surface area (Å²) in [7, 11) is 1.22. The first-order valence-corrected chi connectivity index (χ1v) is 12.6. The molecule has 1 aliphatic rings. The Labute approximate surface area is 228 Å². The minimum Gasteiger partial charge on any atom is -0.467 e. The Morgan fingerprint density at radius 2 is 1.85 bits per heavy atom. The Bertz CT molecular complexity index is 1190. The van der Waals surface area contributed by atoms with Gasteiger partial charge in [-0.25, -0.2) is 14.4 Å². The molecule has 0 aliphatic carbocycles. The highest BCUT2D eigenvalue weighted by molar-refractivity contribution is 6.03. The zero-order valence-corrected chi connectivity index (χ0v) is 22.7. The molecule has 0 bridgehead atoms. The third-order valence-electron chi connectivity index (χ3n) is 5.88. The molecule has 0 radical (unpaired) electrons. The van der Waals surface area contributed by atoms with Gasteiger partial charge in [-0.2, -0.15) is 0 Å². The quantitative estimate of drug-likeness (QED) is 0.302. The number of piperazine rings is 1. The van der Waals surface area contributed by atoms with Crippen LogP contribution in [0.15, 0.2) is 67.3 Å². The molecule has 208 valence electrons. The molecule has 1 heterocycles. The Morgan fingerprint density at radius 1 is 1.13 bits per heavy atom. The highest BCUT2D eigenvalue weighted by Crippen LogP contribution is 2.28. The van der Waals surface area contributed by atoms with Gasteiger partial charge in [-0.3, -0.25) is 14.6 Å². The first kappa shape index (κ1) is 29.2. The van der Waals surface area contributed by atoms with Gasteiger partial charge in [0.05, 0.1) is 19.7 Å². The summed E-state index contributed by atoms with van der Waals surface area (Å²) < 4.78 is 15.7. The molecular weight excluding hydrogens is 502 g/mol. The normalized spacial score (nSPS) is 16.2. The van der Waals surface area contributed by atoms with E-state index in [9.17, 15) is 19.2 Å². The number of rotatable bonds is 8. The molecule has 0 aromatic heterocycles. The number of carbonyl (C=O) groups is 4. The second-order valence-electron chi connectivity index (χ2n) is 10.0. The van der Waals surface area contributed by atoms with Crippen LogP contribution in [0.25, 0.3) is 0 Å². The average Bonchev–Trinajstić information content (AvgIpc) is 2.90. The second kappa shape index (κ2) is 12.9. The number of alkyl carbamates (subject to hydrolysis) is 1. The van der Waals surface area contributed by atoms with Crippen LogP contribution < -0.4 is 10.2 Å². The van der Waals surface area contributed by atoms with Crippen molar-refractivity contribution in [3.8, 4) is 0 Å². The summed E-state index contributed by atoms with van der Waals surface area (Å²) in [6.07, 6.45) is 0.759. The summed E-state index contributed by atoms with van der Waals surface area (Å²) in [6, 6.07) is 14.6. The number of nitrogens with one attached hydrogen (secondary N) is 1. The van der Waals surface area contributed by atoms with Gasteiger partial charge in [0.1, 0.15) is 18.8 Å². The number of ether oxygens (including phenoxy) is 3. The van der Waals surface area contributed by atoms with E-state index in [-0.39, 0.29) is 19.7 Å². The predicted molar refractivity (Wildman–Crippen MR) is 145 cm³/mol. The number of esters is 1. The van der Waals surface area contributed by atoms with E-state index in [2.05, 4.69) is 11.9 Å². The lowest BCUT2D eigenvalue weighted by Crippen LogP contribution is -2.61. The Morgan fingerprint density at radius 3 is 2.49 bits per heavy atom. The van der Waals surface area contributed by atoms with Crippen molar-refractivity contribution < 1.29 is 33.4 Å². The van der Waals surface area contributed by atoms with Crippen LogP contribution in [-0.2, 0) is 30.4 Å². The first-order valence-electron chi connectivity index (χ1n) is 12.6. The maximum absolute atomic E-state index is 13.3. The van der Waals surface area contributed by atoms with Crippen LogP contribution in [0.4, 0.5) is 15.3 Å². The summed E-state index contributed by atoms with van der Waals surface area (Å²) in [5, 5.41) is 2.84. The Balaban J connectivity index is 1.80. The molecule has 1 fully saturated rings. The van der Waals surface area contributed by atoms with E-state index in [1.807, 2.05) is 30.3 Å². The molecule has 3 rings (SSSR count). The first-order chi connectivity index (χ1) is 18.5. The number of amides is 3. The number of carbonyl (C=O) groups excluding carboxylic acids is 4. The largest absolute Gasteiger partial charge is 0.467 e. The molecule has 39 heavy (non-hydrogen) atoms. The molecular formula is C29H35N3O7. The summed E-state index contributed by atoms with van der Waals surface area (Å²) in [5.41, 5.74) is 1.19. The predicted octanol–water partition coefficient (Wildman–Crippen LogP) is 4.36. The van der Waals surface area contributed by atoms with E-state index >= 15 is 0 Å². The number of hydrogen-bond acceptors (Lipinski definition) is 7. The number of hydrogen-bond donors (Lipinski definition) is 1. The van der Waals surface area contributed by atoms with Crippen molar-refractivity contribution in [1.82, 2.24) is 10.2 Å². The van der Waals surface area contributed by atoms with Gasteiger partial charge in [0.25, 0.3) is 0 Å². The number of anilines is 1. The molecule has 1 N–H and O–H groups in total. The van der Waals surface area contributed by atoms with Gasteiger partial charge in [-0.1, -0.05) is 48.5 Å². The van der Waals surface area contributed by atoms with Gasteiger partial charge in [-0.15, -0.1) is 6.58 Å². The van der Waals surface area contributed by atoms with Crippen molar-refractivity contribution in [2.24, 2.45) is 0 Å². The Kier molecular flexibility index (Phi) is 9.70. The van der Waals surface area contributed by atoms with E-state index in [1.54, 1.807) is 51.1 Å². The van der Waals surface area contributed by atoms with Gasteiger partial charge in [-0.05, 0) is 50.5 Å². The van der Waals surface area contributed by atoms with Crippen molar-refractivity contribution in [2.45, 2.75) is 51.5 Å². The molecule has 2 atom stereocenters. The maximum Gasteiger partial charge on any atom is 0.410 e. The fourth-order valence-corrected chi connectivity index (χ4v) is 4.12. The summed E-state index contributed by atoms with van der Waals surface area (Å²) in [6.45, 7) is 8.68. The molecule has 2 aromatic rings. The topological polar surface area (TPSA) is 114 Å². The molecule has 1 saturated heterocycles. The zero-order chi connectivity index (χ0) is 28.6. The standard InChI is InChI=1S/C29H35N3O7/c1-6-11-23(30-27(35)38-19-20-12-8-7-9-13-20)21-14-10-15-22(16-21)32-24(26(34)37-5)17-31(18-25(32)33)28(36)39-29(2,3)4/h6-10,12-16,23-24H,1,11,17-19H2,2-5H3,(H,30,35)/t23?,24-/m1/s1. The zero-order valence-electron chi connectivity index (χ0n) is 22.7. The summed E-state index contributed by atoms with van der Waals surface area (Å²) in [4.78, 5) is 53.7. The van der Waals surface area contributed by atoms with Crippen molar-refractivity contribution in [3.05, 3.63) is 78.4 Å². The molecule has 0 saturated carbocycles. The van der Waals surface area contributed by atoms with E-state index in [0.29, 0.717) is 17.7 Å². The van der Waals surface area contributed by atoms with Crippen LogP contribution in [0.2, 0.25) is 0 Å². The van der Waals surface area contributed by atoms with Gasteiger partial charge in [0.2, 0.25) is 5.91 Å². The van der Waals surface area contributed by atoms with Crippen molar-refractivity contribution in [1.29, 1.82) is 0 Å². The van der Waals surface area contributed by atoms with Crippen molar-refractivity contribution >= 4 is 29.8 Å². The third-order valence-corrected chi connectivity index (χ3v) is 5.88. The fourth-order valence-electron chi connectivity index (χ4n) is 4.12. The molecule has 1 unspecified atom stereocenters. The van der Waals surface area contributed by atoms with Crippen molar-refractivity contribution in [2.75, 3.05) is 25.1 Å². The maximum atomic E-state index is 13.3. The lowest BCUT2D eigenvalue weighted by atomic mass is 10.0. The molecule has 0 spiro atoms. The number of methoxy groups -OCH3 is 1. The van der Waals surface area contributed by atoms with Gasteiger partial charge in [0, 0.05) is 5.69 Å². The lowest BCUT2D eigenvalue weighted by Gasteiger charge is -2.39. The Hall–Kier alpha value is -4.34. The lowest BCUT2D eigenvalue weighted by molar-refractivity contribution is -0.145. The molecule has 2 aromatic carbocycles. The smallest absolute Gasteiger partial charge is 0.410 e. The van der Waals surface area contributed by atoms with Crippen molar-refractivity contribution in [3.63, 3.8) is 0 Å². The van der Waals surface area contributed by atoms with Crippen LogP contribution >= 0.6 is 0 Å². The fraction of sp³-hybridized carbons (Fsp3) is 0.379. The van der Waals surface area contributed by atoms with Crippen LogP contribution in [0.1, 0.15) is 44.4 Å². The molecule has 10 nitrogen and oxygen atoms in total. The minimum atomic E-state index is -1.08. The van der Waals surface area contributed by atoms with Crippen LogP contribution in [0.5, 0.6) is 0 Å². The third kappa shape index (κ3) is 8.07. The van der Waals surface area contributed by atoms with E-state index in [0.717, 1.165) is 5.56 Å². The summed E-state index contributed by atoms with van der Waals surface area (Å²) in [5.74, 6) is -1.15. The SMILES string of the molecule is C=CCC(NC(=O)OCc1ccccc1)c1cccc(N2C(=O)CN(C(=O)OC(C)(C)C)C[C@@H]2C(=O)OC)c1. The van der Waals surface area contributed by atoms with Crippen LogP contribution in [-0.4, -0.2) is 60.8 Å². The molecule has 1 aliphatic heterocycles. The second-order valence-corrected chi connectivity index (χ2v) is 10.0. The van der Waals surface area contributed by atoms with Gasteiger partial charge in [0.15, 0.2) is 6.04 Å². The minimum absolute atomic E-state index is 0.0995. The van der Waals surface area contributed by atoms with Crippen LogP contribution in [0, 0.1) is 0 Å². The van der Waals surface area contributed by atoms with Gasteiger partial charge < -0.3 is 19.5 Å². The van der Waals surface area contributed by atoms with E-state index in [4.69, 9.17) is 14.2 Å².